The predicted octanol–water partition coefficient (Wildman–Crippen LogP) is 3.38. The molecule has 1 atom stereocenters. The molecular weight excluding hydrogens is 238 g/mol. The highest BCUT2D eigenvalue weighted by molar-refractivity contribution is 9.10. The Balaban J connectivity index is 3.68. The molecule has 0 heterocycles. The van der Waals surface area contributed by atoms with Crippen LogP contribution >= 0.6 is 15.9 Å². The Kier molecular flexibility index (Phi) is 1.68. The molecular formula is C12H18BrN. The van der Waals surface area contributed by atoms with Crippen LogP contribution in [0.4, 0.5) is 0 Å². The molecule has 0 aliphatic heterocycles. The summed E-state index contributed by atoms with van der Waals surface area (Å²) >= 11 is 3.05. The molecule has 0 saturated carbocycles. The summed E-state index contributed by atoms with van der Waals surface area (Å²) < 4.78 is 71.5. The molecule has 2 heteroatoms. The fourth-order valence-corrected chi connectivity index (χ4v) is 1.09. The Morgan fingerprint density at radius 1 is 1.71 bits per heavy atom. The van der Waals surface area contributed by atoms with Crippen molar-refractivity contribution in [1.29, 1.82) is 0 Å². The zero-order valence-corrected chi connectivity index (χ0v) is 9.64. The van der Waals surface area contributed by atoms with Crippen LogP contribution in [0, 0.1) is 0 Å². The number of halogens is 1. The molecule has 0 aliphatic rings. The van der Waals surface area contributed by atoms with Gasteiger partial charge in [0.1, 0.15) is 1.41 Å². The second kappa shape index (κ2) is 5.52. The number of rotatable bonds is 4. The lowest BCUT2D eigenvalue weighted by molar-refractivity contribution is 0.488. The lowest BCUT2D eigenvalue weighted by atomic mass is 10.1. The molecule has 0 fully saturated rings. The Morgan fingerprint density at radius 2 is 2.50 bits per heavy atom. The summed E-state index contributed by atoms with van der Waals surface area (Å²) in [7, 11) is 0. The van der Waals surface area contributed by atoms with Gasteiger partial charge in [-0.3, -0.25) is 0 Å². The van der Waals surface area contributed by atoms with E-state index in [4.69, 9.17) is 12.4 Å². The van der Waals surface area contributed by atoms with Crippen molar-refractivity contribution in [2.45, 2.75) is 39.1 Å². The minimum atomic E-state index is -3.15. The summed E-state index contributed by atoms with van der Waals surface area (Å²) in [6, 6.07) is -1.99. The van der Waals surface area contributed by atoms with Crippen molar-refractivity contribution in [3.05, 3.63) is 34.3 Å². The number of nitrogens with one attached hydrogen (secondary N) is 1. The van der Waals surface area contributed by atoms with E-state index >= 15 is 0 Å². The lowest BCUT2D eigenvalue weighted by Gasteiger charge is -2.16. The van der Waals surface area contributed by atoms with Gasteiger partial charge in [-0.25, -0.2) is 0 Å². The van der Waals surface area contributed by atoms with Gasteiger partial charge in [0.2, 0.25) is 0 Å². The first-order valence-electron chi connectivity index (χ1n) is 8.68. The van der Waals surface area contributed by atoms with Gasteiger partial charge in [-0.2, -0.15) is 0 Å². The maximum Gasteiger partial charge on any atom is 0.123 e. The van der Waals surface area contributed by atoms with Gasteiger partial charge in [0.15, 0.2) is 0 Å². The van der Waals surface area contributed by atoms with Crippen molar-refractivity contribution in [3.63, 3.8) is 0 Å². The fourth-order valence-electron chi connectivity index (χ4n) is 0.858. The molecule has 0 spiro atoms. The maximum absolute atomic E-state index is 8.31. The molecule has 1 aromatic carbocycles. The van der Waals surface area contributed by atoms with Gasteiger partial charge in [-0.1, -0.05) is 41.9 Å². The van der Waals surface area contributed by atoms with Crippen molar-refractivity contribution in [3.8, 4) is 0 Å². The third-order valence-corrected chi connectivity index (χ3v) is 1.82. The van der Waals surface area contributed by atoms with E-state index < -0.39 is 36.9 Å². The van der Waals surface area contributed by atoms with Crippen LogP contribution in [-0.4, -0.2) is 12.1 Å². The smallest absolute Gasteiger partial charge is 0.123 e. The first kappa shape index (κ1) is 4.26. The Hall–Kier alpha value is -0.340. The molecule has 1 nitrogen and oxygen atoms in total. The molecule has 0 aromatic heterocycles. The maximum atomic E-state index is 8.31. The zero-order chi connectivity index (χ0) is 18.4. The van der Waals surface area contributed by atoms with Gasteiger partial charge in [-0.15, -0.1) is 0 Å². The summed E-state index contributed by atoms with van der Waals surface area (Å²) in [5, 5.41) is 0.394. The number of benzene rings is 1. The average molecular weight is 265 g/mol. The second-order valence-corrected chi connectivity index (χ2v) is 3.90. The second-order valence-electron chi connectivity index (χ2n) is 3.04. The van der Waals surface area contributed by atoms with Crippen LogP contribution in [0.3, 0.4) is 0 Å². The SMILES string of the molecule is [2H]c1c(Br)ccc(C([2H])([2H])C([2H])(N([2H])C(C)C)C([2H])([2H])[2H])c1[2H]. The largest absolute Gasteiger partial charge is 0.312 e. The minimum Gasteiger partial charge on any atom is -0.312 e. The third kappa shape index (κ3) is 4.25. The first-order valence-corrected chi connectivity index (χ1v) is 5.03. The number of hydrogen-bond acceptors (Lipinski definition) is 1. The standard InChI is InChI=1S/C12H18BrN/c1-9(2)14-10(3)8-11-4-6-12(13)7-5-11/h4-7,9-10,14H,8H2,1-3H3/i3D3,4D,6D,8D2,10D/hD. The Bertz CT molecular complexity index is 587. The molecule has 1 unspecified atom stereocenters. The molecule has 1 aromatic rings. The van der Waals surface area contributed by atoms with E-state index in [2.05, 4.69) is 15.9 Å². The van der Waals surface area contributed by atoms with Gasteiger partial charge in [0.25, 0.3) is 0 Å². The lowest BCUT2D eigenvalue weighted by Crippen LogP contribution is -2.33. The summed E-state index contributed by atoms with van der Waals surface area (Å²) in [4.78, 5) is 0. The quantitative estimate of drug-likeness (QED) is 0.880. The molecule has 0 bridgehead atoms. The zero-order valence-electron chi connectivity index (χ0n) is 17.1. The molecule has 1 rings (SSSR count). The van der Waals surface area contributed by atoms with Gasteiger partial charge >= 0.3 is 0 Å². The molecule has 0 radical (unpaired) electrons. The summed E-state index contributed by atoms with van der Waals surface area (Å²) in [5.41, 5.74) is -0.408. The van der Waals surface area contributed by atoms with Crippen LogP contribution in [0.25, 0.3) is 0 Å². The average Bonchev–Trinajstić information content (AvgIpc) is 2.41. The van der Waals surface area contributed by atoms with Crippen molar-refractivity contribution < 1.29 is 12.4 Å². The van der Waals surface area contributed by atoms with Crippen LogP contribution in [0.15, 0.2) is 28.7 Å². The topological polar surface area (TPSA) is 12.0 Å². The highest BCUT2D eigenvalue weighted by atomic mass is 79.9. The summed E-state index contributed by atoms with van der Waals surface area (Å²) in [6.45, 7) is -0.182. The van der Waals surface area contributed by atoms with Gasteiger partial charge < -0.3 is 5.31 Å². The van der Waals surface area contributed by atoms with Gasteiger partial charge in [-0.05, 0) is 30.9 Å². The van der Waals surface area contributed by atoms with Crippen LogP contribution in [0.1, 0.15) is 37.2 Å². The van der Waals surface area contributed by atoms with E-state index in [9.17, 15) is 0 Å². The molecule has 14 heavy (non-hydrogen) atoms. The third-order valence-electron chi connectivity index (χ3n) is 1.35. The highest BCUT2D eigenvalue weighted by Crippen LogP contribution is 2.11. The molecule has 0 saturated heterocycles. The highest BCUT2D eigenvalue weighted by Gasteiger charge is 2.04. The molecule has 0 aliphatic carbocycles. The molecule has 78 valence electrons. The normalized spacial score (nSPS) is 27.1. The Morgan fingerprint density at radius 3 is 3.14 bits per heavy atom. The van der Waals surface area contributed by atoms with E-state index in [1.54, 1.807) is 0 Å². The Labute approximate surface area is 108 Å². The van der Waals surface area contributed by atoms with Crippen molar-refractivity contribution in [2.75, 3.05) is 0 Å². The fraction of sp³-hybridized carbons (Fsp3) is 0.500. The van der Waals surface area contributed by atoms with Crippen LogP contribution < -0.4 is 5.31 Å². The van der Waals surface area contributed by atoms with Crippen molar-refractivity contribution >= 4 is 15.9 Å². The van der Waals surface area contributed by atoms with Crippen LogP contribution in [-0.2, 0) is 6.37 Å². The molecule has 0 amide bonds. The van der Waals surface area contributed by atoms with E-state index in [0.29, 0.717) is 5.31 Å². The summed E-state index contributed by atoms with van der Waals surface area (Å²) in [5.74, 6) is 0. The van der Waals surface area contributed by atoms with E-state index in [1.807, 2.05) is 0 Å². The first-order chi connectivity index (χ1) is 10.2. The number of hydrogen-bond donors (Lipinski definition) is 1. The van der Waals surface area contributed by atoms with Crippen molar-refractivity contribution in [2.24, 2.45) is 0 Å². The van der Waals surface area contributed by atoms with E-state index in [-0.39, 0.29) is 10.5 Å². The van der Waals surface area contributed by atoms with E-state index in [1.165, 1.54) is 26.0 Å². The van der Waals surface area contributed by atoms with E-state index in [0.717, 1.165) is 0 Å². The van der Waals surface area contributed by atoms with Crippen LogP contribution in [0.2, 0.25) is 1.41 Å². The predicted molar refractivity (Wildman–Crippen MR) is 65.6 cm³/mol. The minimum absolute atomic E-state index is 0.262. The van der Waals surface area contributed by atoms with Crippen molar-refractivity contribution in [1.82, 2.24) is 5.31 Å². The van der Waals surface area contributed by atoms with Gasteiger partial charge in [0.05, 0.1) is 2.74 Å². The van der Waals surface area contributed by atoms with Gasteiger partial charge in [0, 0.05) is 24.8 Å². The summed E-state index contributed by atoms with van der Waals surface area (Å²) in [6.07, 6.45) is -2.88. The molecule has 1 N–H and O–H groups in total. The monoisotopic (exact) mass is 264 g/mol. The van der Waals surface area contributed by atoms with Crippen LogP contribution in [0.5, 0.6) is 0 Å².